The van der Waals surface area contributed by atoms with Gasteiger partial charge in [0.2, 0.25) is 0 Å². The summed E-state index contributed by atoms with van der Waals surface area (Å²) in [5.41, 5.74) is 2.54. The van der Waals surface area contributed by atoms with Crippen LogP contribution < -0.4 is 0 Å². The first-order valence-electron chi connectivity index (χ1n) is 4.94. The SMILES string of the molecule is FC1=C[C@H]2c3ccccc3[C@H]([C@H]2Br)[C@H]1Br. The number of hydrogen-bond acceptors (Lipinski definition) is 0. The highest BCUT2D eigenvalue weighted by Crippen LogP contribution is 2.54. The highest BCUT2D eigenvalue weighted by molar-refractivity contribution is 9.10. The van der Waals surface area contributed by atoms with E-state index in [0.29, 0.717) is 4.83 Å². The van der Waals surface area contributed by atoms with Crippen LogP contribution in [0.15, 0.2) is 36.2 Å². The second kappa shape index (κ2) is 3.42. The maximum absolute atomic E-state index is 13.6. The second-order valence-electron chi connectivity index (χ2n) is 4.08. The minimum absolute atomic E-state index is 0.0306. The topological polar surface area (TPSA) is 0 Å². The number of fused-ring (bicyclic) bond motifs is 5. The van der Waals surface area contributed by atoms with Gasteiger partial charge in [-0.1, -0.05) is 56.1 Å². The fraction of sp³-hybridized carbons (Fsp3) is 0.333. The summed E-state index contributed by atoms with van der Waals surface area (Å²) in [4.78, 5) is 0.139. The van der Waals surface area contributed by atoms with Gasteiger partial charge in [-0.25, -0.2) is 4.39 Å². The van der Waals surface area contributed by atoms with Crippen LogP contribution >= 0.6 is 31.9 Å². The lowest BCUT2D eigenvalue weighted by atomic mass is 9.91. The Morgan fingerprint density at radius 3 is 2.47 bits per heavy atom. The average Bonchev–Trinajstić information content (AvgIpc) is 2.44. The van der Waals surface area contributed by atoms with Crippen molar-refractivity contribution < 1.29 is 4.39 Å². The van der Waals surface area contributed by atoms with Gasteiger partial charge in [0, 0.05) is 16.7 Å². The van der Waals surface area contributed by atoms with Crippen molar-refractivity contribution in [3.63, 3.8) is 0 Å². The Kier molecular flexibility index (Phi) is 2.29. The Morgan fingerprint density at radius 2 is 1.73 bits per heavy atom. The number of alkyl halides is 2. The molecular weight excluding hydrogens is 323 g/mol. The van der Waals surface area contributed by atoms with Crippen molar-refractivity contribution in [1.29, 1.82) is 0 Å². The van der Waals surface area contributed by atoms with E-state index in [1.165, 1.54) is 11.1 Å². The van der Waals surface area contributed by atoms with Gasteiger partial charge in [0.25, 0.3) is 0 Å². The molecule has 0 saturated carbocycles. The number of allylic oxidation sites excluding steroid dienone is 2. The number of hydrogen-bond donors (Lipinski definition) is 0. The quantitative estimate of drug-likeness (QED) is 0.623. The fourth-order valence-corrected chi connectivity index (χ4v) is 4.82. The number of rotatable bonds is 0. The molecule has 0 radical (unpaired) electrons. The zero-order valence-electron chi connectivity index (χ0n) is 7.83. The summed E-state index contributed by atoms with van der Waals surface area (Å²) >= 11 is 7.13. The van der Waals surface area contributed by atoms with Crippen LogP contribution in [0.3, 0.4) is 0 Å². The van der Waals surface area contributed by atoms with Crippen molar-refractivity contribution in [1.82, 2.24) is 0 Å². The Bertz CT molecular complexity index is 441. The third-order valence-electron chi connectivity index (χ3n) is 3.32. The van der Waals surface area contributed by atoms with Crippen LogP contribution in [0.2, 0.25) is 0 Å². The third-order valence-corrected chi connectivity index (χ3v) is 5.46. The van der Waals surface area contributed by atoms with Crippen molar-refractivity contribution in [3.8, 4) is 0 Å². The van der Waals surface area contributed by atoms with Crippen LogP contribution in [-0.4, -0.2) is 9.65 Å². The Labute approximate surface area is 105 Å². The van der Waals surface area contributed by atoms with Gasteiger partial charge in [0.05, 0.1) is 4.83 Å². The molecule has 78 valence electrons. The third kappa shape index (κ3) is 1.29. The first-order chi connectivity index (χ1) is 7.20. The van der Waals surface area contributed by atoms with E-state index in [-0.39, 0.29) is 22.5 Å². The molecule has 0 N–H and O–H groups in total. The summed E-state index contributed by atoms with van der Waals surface area (Å²) in [6.45, 7) is 0. The lowest BCUT2D eigenvalue weighted by Gasteiger charge is -2.26. The van der Waals surface area contributed by atoms with Crippen molar-refractivity contribution >= 4 is 31.9 Å². The minimum Gasteiger partial charge on any atom is -0.211 e. The molecule has 1 aromatic rings. The number of halogens is 3. The lowest BCUT2D eigenvalue weighted by molar-refractivity contribution is 0.518. The highest BCUT2D eigenvalue weighted by Gasteiger charge is 2.46. The van der Waals surface area contributed by atoms with Gasteiger partial charge in [0.15, 0.2) is 0 Å². The second-order valence-corrected chi connectivity index (χ2v) is 6.12. The van der Waals surface area contributed by atoms with E-state index in [1.807, 2.05) is 12.1 Å². The Morgan fingerprint density at radius 1 is 1.07 bits per heavy atom. The van der Waals surface area contributed by atoms with E-state index in [2.05, 4.69) is 44.0 Å². The predicted octanol–water partition coefficient (Wildman–Crippen LogP) is 4.26. The molecule has 0 fully saturated rings. The van der Waals surface area contributed by atoms with Gasteiger partial charge in [-0.15, -0.1) is 0 Å². The Balaban J connectivity index is 2.22. The van der Waals surface area contributed by atoms with Gasteiger partial charge in [-0.05, 0) is 17.2 Å². The molecule has 0 unspecified atom stereocenters. The molecule has 0 spiro atoms. The molecule has 0 saturated heterocycles. The molecule has 0 heterocycles. The zero-order valence-corrected chi connectivity index (χ0v) is 11.0. The van der Waals surface area contributed by atoms with E-state index in [4.69, 9.17) is 0 Å². The van der Waals surface area contributed by atoms with Crippen LogP contribution in [0.1, 0.15) is 23.0 Å². The molecule has 2 aliphatic rings. The average molecular weight is 332 g/mol. The van der Waals surface area contributed by atoms with E-state index in [0.717, 1.165) is 0 Å². The summed E-state index contributed by atoms with van der Waals surface area (Å²) in [5.74, 6) is 0.382. The van der Waals surface area contributed by atoms with E-state index < -0.39 is 0 Å². The molecule has 2 bridgehead atoms. The van der Waals surface area contributed by atoms with Crippen LogP contribution in [0.4, 0.5) is 4.39 Å². The highest BCUT2D eigenvalue weighted by atomic mass is 79.9. The summed E-state index contributed by atoms with van der Waals surface area (Å²) in [7, 11) is 0. The first kappa shape index (κ1) is 10.0. The molecule has 0 nitrogen and oxygen atoms in total. The van der Waals surface area contributed by atoms with Crippen molar-refractivity contribution in [2.24, 2.45) is 0 Å². The van der Waals surface area contributed by atoms with Crippen LogP contribution in [0, 0.1) is 0 Å². The molecule has 3 rings (SSSR count). The molecule has 1 aromatic carbocycles. The molecule has 15 heavy (non-hydrogen) atoms. The maximum atomic E-state index is 13.6. The molecular formula is C12H9Br2F. The molecule has 4 atom stereocenters. The van der Waals surface area contributed by atoms with Gasteiger partial charge in [-0.2, -0.15) is 0 Å². The summed E-state index contributed by atoms with van der Waals surface area (Å²) in [5, 5.41) is 0. The van der Waals surface area contributed by atoms with Crippen molar-refractivity contribution in [2.75, 3.05) is 0 Å². The fourth-order valence-electron chi connectivity index (χ4n) is 2.62. The van der Waals surface area contributed by atoms with E-state index >= 15 is 0 Å². The molecule has 0 amide bonds. The molecule has 0 aliphatic heterocycles. The van der Waals surface area contributed by atoms with Crippen LogP contribution in [0.5, 0.6) is 0 Å². The van der Waals surface area contributed by atoms with Crippen LogP contribution in [0.25, 0.3) is 0 Å². The van der Waals surface area contributed by atoms with Crippen LogP contribution in [-0.2, 0) is 0 Å². The van der Waals surface area contributed by atoms with Gasteiger partial charge in [0.1, 0.15) is 5.83 Å². The van der Waals surface area contributed by atoms with E-state index in [1.54, 1.807) is 6.08 Å². The normalized spacial score (nSPS) is 37.4. The Hall–Kier alpha value is -0.150. The maximum Gasteiger partial charge on any atom is 0.111 e. The summed E-state index contributed by atoms with van der Waals surface area (Å²) in [6, 6.07) is 8.25. The predicted molar refractivity (Wildman–Crippen MR) is 66.5 cm³/mol. The smallest absolute Gasteiger partial charge is 0.111 e. The molecule has 0 aromatic heterocycles. The van der Waals surface area contributed by atoms with Crippen molar-refractivity contribution in [3.05, 3.63) is 47.3 Å². The minimum atomic E-state index is -0.179. The monoisotopic (exact) mass is 330 g/mol. The van der Waals surface area contributed by atoms with Gasteiger partial charge in [-0.3, -0.25) is 0 Å². The summed E-state index contributed by atoms with van der Waals surface area (Å²) < 4.78 is 13.6. The lowest BCUT2D eigenvalue weighted by Crippen LogP contribution is -2.24. The van der Waals surface area contributed by atoms with Gasteiger partial charge >= 0.3 is 0 Å². The molecule has 2 aliphatic carbocycles. The van der Waals surface area contributed by atoms with Gasteiger partial charge < -0.3 is 0 Å². The van der Waals surface area contributed by atoms with Crippen molar-refractivity contribution in [2.45, 2.75) is 21.5 Å². The zero-order chi connectivity index (χ0) is 10.6. The standard InChI is InChI=1S/C12H9Br2F/c13-11-8-5-9(15)12(14)10(11)7-4-2-1-3-6(7)8/h1-5,8,10-12H/t8-,10+,11-,12-/m0/s1. The first-order valence-corrected chi connectivity index (χ1v) is 6.77. The number of benzene rings is 1. The molecule has 3 heteroatoms. The largest absolute Gasteiger partial charge is 0.211 e. The summed E-state index contributed by atoms with van der Waals surface area (Å²) in [6.07, 6.45) is 1.74. The van der Waals surface area contributed by atoms with E-state index in [9.17, 15) is 4.39 Å².